The Hall–Kier alpha value is -0.160. The van der Waals surface area contributed by atoms with Crippen LogP contribution < -0.4 is 22.9 Å². The summed E-state index contributed by atoms with van der Waals surface area (Å²) in [5.41, 5.74) is 24.8. The van der Waals surface area contributed by atoms with Crippen molar-refractivity contribution in [2.45, 2.75) is 44.1 Å². The minimum absolute atomic E-state index is 0.0349. The van der Waals surface area contributed by atoms with Gasteiger partial charge in [-0.1, -0.05) is 0 Å². The van der Waals surface area contributed by atoms with Crippen molar-refractivity contribution in [3.8, 4) is 0 Å². The minimum atomic E-state index is -0.0349. The second kappa shape index (κ2) is 5.56. The van der Waals surface area contributed by atoms with Gasteiger partial charge in [0, 0.05) is 5.54 Å². The van der Waals surface area contributed by atoms with Crippen molar-refractivity contribution >= 4 is 0 Å². The molecule has 3 unspecified atom stereocenters. The first-order valence-electron chi connectivity index (χ1n) is 8.55. The van der Waals surface area contributed by atoms with Crippen molar-refractivity contribution in [2.75, 3.05) is 19.6 Å². The van der Waals surface area contributed by atoms with Crippen LogP contribution in [0.5, 0.6) is 0 Å². The molecule has 116 valence electrons. The molecule has 20 heavy (non-hydrogen) atoms. The lowest BCUT2D eigenvalue weighted by Gasteiger charge is -2.68. The lowest BCUT2D eigenvalue weighted by molar-refractivity contribution is -0.151. The van der Waals surface area contributed by atoms with E-state index >= 15 is 0 Å². The van der Waals surface area contributed by atoms with Gasteiger partial charge in [0.05, 0.1) is 0 Å². The molecular formula is C16H32N4. The van der Waals surface area contributed by atoms with Crippen molar-refractivity contribution in [1.29, 1.82) is 0 Å². The molecule has 4 rings (SSSR count). The summed E-state index contributed by atoms with van der Waals surface area (Å²) in [5, 5.41) is 0. The fraction of sp³-hybridized carbons (Fsp3) is 1.00. The molecule has 4 nitrogen and oxygen atoms in total. The molecule has 4 heteroatoms. The second-order valence-corrected chi connectivity index (χ2v) is 7.54. The van der Waals surface area contributed by atoms with Gasteiger partial charge in [-0.2, -0.15) is 0 Å². The zero-order valence-corrected chi connectivity index (χ0v) is 12.6. The highest BCUT2D eigenvalue weighted by Crippen LogP contribution is 2.64. The van der Waals surface area contributed by atoms with Gasteiger partial charge in [-0.15, -0.1) is 0 Å². The highest BCUT2D eigenvalue weighted by atomic mass is 14.9. The van der Waals surface area contributed by atoms with E-state index in [0.29, 0.717) is 17.8 Å². The third-order valence-corrected chi connectivity index (χ3v) is 6.88. The Morgan fingerprint density at radius 1 is 0.650 bits per heavy atom. The van der Waals surface area contributed by atoms with Crippen LogP contribution in [0.15, 0.2) is 0 Å². The summed E-state index contributed by atoms with van der Waals surface area (Å²) in [6.45, 7) is 2.29. The van der Waals surface area contributed by atoms with Crippen LogP contribution in [0.25, 0.3) is 0 Å². The normalized spacial score (nSPS) is 49.8. The van der Waals surface area contributed by atoms with Crippen molar-refractivity contribution in [1.82, 2.24) is 0 Å². The zero-order chi connectivity index (χ0) is 14.3. The molecule has 0 aromatic heterocycles. The lowest BCUT2D eigenvalue weighted by atomic mass is 9.39. The third-order valence-electron chi connectivity index (χ3n) is 6.88. The maximum absolute atomic E-state index is 7.15. The number of hydrogen-bond acceptors (Lipinski definition) is 4. The molecule has 0 radical (unpaired) electrons. The topological polar surface area (TPSA) is 104 Å². The standard InChI is InChI=1S/C16H32N4/c17-4-1-13-10-7-11-9-12(8-10)15(3-6-19)16(13,20)14(11)2-5-18/h10-15H,1-9,17-20H2. The fourth-order valence-electron chi connectivity index (χ4n) is 6.49. The Bertz CT molecular complexity index is 289. The minimum Gasteiger partial charge on any atom is -0.330 e. The number of hydrogen-bond donors (Lipinski definition) is 4. The van der Waals surface area contributed by atoms with E-state index in [2.05, 4.69) is 0 Å². The molecule has 0 aliphatic heterocycles. The van der Waals surface area contributed by atoms with Crippen LogP contribution in [0.1, 0.15) is 38.5 Å². The van der Waals surface area contributed by atoms with E-state index in [1.165, 1.54) is 19.3 Å². The van der Waals surface area contributed by atoms with E-state index in [1.54, 1.807) is 0 Å². The summed E-state index contributed by atoms with van der Waals surface area (Å²) >= 11 is 0. The Labute approximate surface area is 123 Å². The summed E-state index contributed by atoms with van der Waals surface area (Å²) < 4.78 is 0. The van der Waals surface area contributed by atoms with Gasteiger partial charge in [0.25, 0.3) is 0 Å². The van der Waals surface area contributed by atoms with Crippen LogP contribution in [0, 0.1) is 35.5 Å². The van der Waals surface area contributed by atoms with E-state index in [-0.39, 0.29) is 5.54 Å². The quantitative estimate of drug-likeness (QED) is 0.573. The van der Waals surface area contributed by atoms with Gasteiger partial charge < -0.3 is 22.9 Å². The molecule has 0 saturated heterocycles. The summed E-state index contributed by atoms with van der Waals surface area (Å²) in [4.78, 5) is 0. The number of nitrogens with two attached hydrogens (primary N) is 4. The first-order chi connectivity index (χ1) is 9.66. The largest absolute Gasteiger partial charge is 0.330 e. The number of rotatable bonds is 6. The van der Waals surface area contributed by atoms with Crippen molar-refractivity contribution in [2.24, 2.45) is 58.4 Å². The van der Waals surface area contributed by atoms with Gasteiger partial charge in [-0.05, 0) is 93.7 Å². The van der Waals surface area contributed by atoms with Crippen LogP contribution in [0.4, 0.5) is 0 Å². The molecule has 3 atom stereocenters. The van der Waals surface area contributed by atoms with Crippen molar-refractivity contribution in [3.63, 3.8) is 0 Å². The van der Waals surface area contributed by atoms with Gasteiger partial charge in [0.15, 0.2) is 0 Å². The van der Waals surface area contributed by atoms with E-state index in [1.807, 2.05) is 0 Å². The predicted octanol–water partition coefficient (Wildman–Crippen LogP) is 0.639. The molecule has 0 aromatic carbocycles. The SMILES string of the molecule is NCCC1C2CC3CC(C2)C(CCN)C1(N)C3CCN. The average molecular weight is 280 g/mol. The monoisotopic (exact) mass is 280 g/mol. The smallest absolute Gasteiger partial charge is 0.0249 e. The molecule has 0 amide bonds. The van der Waals surface area contributed by atoms with E-state index in [4.69, 9.17) is 22.9 Å². The van der Waals surface area contributed by atoms with Crippen molar-refractivity contribution in [3.05, 3.63) is 0 Å². The van der Waals surface area contributed by atoms with Gasteiger partial charge in [0.2, 0.25) is 0 Å². The first kappa shape index (κ1) is 14.8. The van der Waals surface area contributed by atoms with Gasteiger partial charge >= 0.3 is 0 Å². The van der Waals surface area contributed by atoms with E-state index in [0.717, 1.165) is 56.7 Å². The van der Waals surface area contributed by atoms with Gasteiger partial charge in [-0.3, -0.25) is 0 Å². The van der Waals surface area contributed by atoms with Gasteiger partial charge in [0.1, 0.15) is 0 Å². The van der Waals surface area contributed by atoms with E-state index < -0.39 is 0 Å². The highest BCUT2D eigenvalue weighted by molar-refractivity contribution is 5.17. The predicted molar refractivity (Wildman–Crippen MR) is 82.7 cm³/mol. The summed E-state index contributed by atoms with van der Waals surface area (Å²) in [6.07, 6.45) is 7.38. The molecule has 4 aliphatic rings. The maximum atomic E-state index is 7.15. The second-order valence-electron chi connectivity index (χ2n) is 7.54. The van der Waals surface area contributed by atoms with Gasteiger partial charge in [-0.25, -0.2) is 0 Å². The van der Waals surface area contributed by atoms with Crippen LogP contribution in [-0.2, 0) is 0 Å². The van der Waals surface area contributed by atoms with Crippen LogP contribution in [-0.4, -0.2) is 25.2 Å². The highest BCUT2D eigenvalue weighted by Gasteiger charge is 2.63. The Morgan fingerprint density at radius 2 is 0.950 bits per heavy atom. The molecule has 4 bridgehead atoms. The first-order valence-corrected chi connectivity index (χ1v) is 8.55. The van der Waals surface area contributed by atoms with E-state index in [9.17, 15) is 0 Å². The van der Waals surface area contributed by atoms with Crippen LogP contribution in [0.2, 0.25) is 0 Å². The average Bonchev–Trinajstić information content (AvgIpc) is 2.44. The zero-order valence-electron chi connectivity index (χ0n) is 12.6. The van der Waals surface area contributed by atoms with Crippen molar-refractivity contribution < 1.29 is 0 Å². The van der Waals surface area contributed by atoms with Crippen LogP contribution in [0.3, 0.4) is 0 Å². The molecule has 0 heterocycles. The fourth-order valence-corrected chi connectivity index (χ4v) is 6.49. The Kier molecular flexibility index (Phi) is 4.10. The molecule has 4 fully saturated rings. The molecule has 0 spiro atoms. The Morgan fingerprint density at radius 3 is 1.20 bits per heavy atom. The lowest BCUT2D eigenvalue weighted by Crippen LogP contribution is -2.72. The molecule has 8 N–H and O–H groups in total. The summed E-state index contributed by atoms with van der Waals surface area (Å²) in [6, 6.07) is 0. The molecule has 4 aliphatic carbocycles. The Balaban J connectivity index is 1.95. The molecular weight excluding hydrogens is 248 g/mol. The maximum Gasteiger partial charge on any atom is 0.0249 e. The molecule has 0 aromatic rings. The summed E-state index contributed by atoms with van der Waals surface area (Å²) in [5.74, 6) is 4.26. The summed E-state index contributed by atoms with van der Waals surface area (Å²) in [7, 11) is 0. The third kappa shape index (κ3) is 1.96. The molecule has 4 saturated carbocycles. The van der Waals surface area contributed by atoms with Crippen LogP contribution >= 0.6 is 0 Å².